The zero-order valence-corrected chi connectivity index (χ0v) is 20.8. The molecule has 0 aromatic heterocycles. The lowest BCUT2D eigenvalue weighted by atomic mass is 9.80. The number of carbonyl (C=O) groups is 4. The van der Waals surface area contributed by atoms with Crippen molar-refractivity contribution in [2.45, 2.75) is 24.1 Å². The molecule has 6 atom stereocenters. The van der Waals surface area contributed by atoms with Crippen LogP contribution in [0.5, 0.6) is 0 Å². The van der Waals surface area contributed by atoms with Crippen LogP contribution in [0.2, 0.25) is 5.02 Å². The number of nitrogens with zero attached hydrogens (tertiary/aromatic N) is 1. The van der Waals surface area contributed by atoms with Crippen LogP contribution in [0, 0.1) is 30.6 Å². The van der Waals surface area contributed by atoms with Gasteiger partial charge < -0.3 is 10.1 Å². The number of amides is 3. The minimum atomic E-state index is -0.710. The van der Waals surface area contributed by atoms with E-state index in [4.69, 9.17) is 39.5 Å². The molecule has 2 aromatic rings. The van der Waals surface area contributed by atoms with Gasteiger partial charge in [0.1, 0.15) is 0 Å². The summed E-state index contributed by atoms with van der Waals surface area (Å²) in [6.07, 6.45) is 0.693. The average molecular weight is 536 g/mol. The smallest absolute Gasteiger partial charge is 0.338 e. The predicted molar refractivity (Wildman–Crippen MR) is 132 cm³/mol. The highest BCUT2D eigenvalue weighted by atomic mass is 35.5. The Bertz CT molecular complexity index is 1200. The summed E-state index contributed by atoms with van der Waals surface area (Å²) in [5.41, 5.74) is 1.79. The first kappa shape index (κ1) is 24.1. The van der Waals surface area contributed by atoms with Crippen molar-refractivity contribution >= 4 is 69.9 Å². The second-order valence-corrected chi connectivity index (χ2v) is 10.5. The van der Waals surface area contributed by atoms with E-state index in [0.717, 1.165) is 0 Å². The van der Waals surface area contributed by atoms with Gasteiger partial charge in [0.05, 0.1) is 33.8 Å². The molecule has 2 aromatic carbocycles. The van der Waals surface area contributed by atoms with Gasteiger partial charge in [0, 0.05) is 10.7 Å². The fourth-order valence-electron chi connectivity index (χ4n) is 5.49. The molecule has 10 heteroatoms. The lowest BCUT2D eigenvalue weighted by Gasteiger charge is -2.28. The number of imide groups is 1. The Morgan fingerprint density at radius 3 is 2.20 bits per heavy atom. The summed E-state index contributed by atoms with van der Waals surface area (Å²) >= 11 is 18.8. The van der Waals surface area contributed by atoms with E-state index in [-0.39, 0.29) is 40.0 Å². The van der Waals surface area contributed by atoms with Crippen molar-refractivity contribution in [3.05, 3.63) is 58.6 Å². The standard InChI is InChI=1S/C25H21Cl3N2O5/c1-11-16(26)3-2-4-17(11)29-18(31)10-35-25(34)12-5-7-13(8-6-12)30-23(32)19-14-9-15(20(19)24(30)33)22(28)21(14)27/h2-8,14-15,19-22H,9-10H2,1H3,(H,29,31)/t14-,15-,19-,20+,21+,22+/m1/s1. The molecular formula is C25H21Cl3N2O5. The van der Waals surface area contributed by atoms with Crippen LogP contribution in [0.15, 0.2) is 42.5 Å². The predicted octanol–water partition coefficient (Wildman–Crippen LogP) is 4.41. The number of ether oxygens (including phenoxy) is 1. The van der Waals surface area contributed by atoms with Gasteiger partial charge in [0.2, 0.25) is 11.8 Å². The topological polar surface area (TPSA) is 92.8 Å². The molecule has 3 fully saturated rings. The number of esters is 1. The summed E-state index contributed by atoms with van der Waals surface area (Å²) in [4.78, 5) is 51.9. The summed E-state index contributed by atoms with van der Waals surface area (Å²) in [5, 5.41) is 2.52. The molecule has 1 N–H and O–H groups in total. The SMILES string of the molecule is Cc1c(Cl)cccc1NC(=O)COC(=O)c1ccc(N2C(=O)[C@@H]3[C@H]4C[C@@H]([C@H](Cl)[C@H]4Cl)[C@@H]3C2=O)cc1. The van der Waals surface area contributed by atoms with Crippen molar-refractivity contribution in [2.24, 2.45) is 23.7 Å². The van der Waals surface area contributed by atoms with Gasteiger partial charge in [-0.25, -0.2) is 4.79 Å². The molecule has 3 amide bonds. The summed E-state index contributed by atoms with van der Waals surface area (Å²) in [6, 6.07) is 11.0. The van der Waals surface area contributed by atoms with Crippen LogP contribution in [0.1, 0.15) is 22.3 Å². The second-order valence-electron chi connectivity index (χ2n) is 9.10. The molecule has 1 aliphatic heterocycles. The fourth-order valence-corrected chi connectivity index (χ4v) is 6.56. The van der Waals surface area contributed by atoms with Crippen LogP contribution in [0.25, 0.3) is 0 Å². The van der Waals surface area contributed by atoms with Gasteiger partial charge in [0.15, 0.2) is 6.61 Å². The van der Waals surface area contributed by atoms with Crippen molar-refractivity contribution < 1.29 is 23.9 Å². The number of carbonyl (C=O) groups excluding carboxylic acids is 4. The van der Waals surface area contributed by atoms with Crippen LogP contribution in [-0.4, -0.2) is 41.1 Å². The molecule has 1 saturated heterocycles. The monoisotopic (exact) mass is 534 g/mol. The van der Waals surface area contributed by atoms with Gasteiger partial charge in [-0.05, 0) is 67.1 Å². The quantitative estimate of drug-likeness (QED) is 0.348. The molecule has 3 aliphatic rings. The number of hydrogen-bond acceptors (Lipinski definition) is 5. The van der Waals surface area contributed by atoms with Crippen molar-refractivity contribution in [1.29, 1.82) is 0 Å². The van der Waals surface area contributed by atoms with E-state index in [2.05, 4.69) is 5.32 Å². The van der Waals surface area contributed by atoms with Crippen LogP contribution < -0.4 is 10.2 Å². The highest BCUT2D eigenvalue weighted by Gasteiger charge is 2.66. The maximum absolute atomic E-state index is 13.1. The molecule has 35 heavy (non-hydrogen) atoms. The van der Waals surface area contributed by atoms with Gasteiger partial charge in [-0.15, -0.1) is 23.2 Å². The van der Waals surface area contributed by atoms with E-state index in [1.165, 1.54) is 29.2 Å². The Balaban J connectivity index is 1.22. The van der Waals surface area contributed by atoms with E-state index >= 15 is 0 Å². The van der Waals surface area contributed by atoms with E-state index in [1.807, 2.05) is 0 Å². The lowest BCUT2D eigenvalue weighted by molar-refractivity contribution is -0.123. The average Bonchev–Trinajstić information content (AvgIpc) is 3.45. The number of hydrogen-bond donors (Lipinski definition) is 1. The molecule has 5 rings (SSSR count). The highest BCUT2D eigenvalue weighted by Crippen LogP contribution is 2.59. The molecule has 1 heterocycles. The van der Waals surface area contributed by atoms with Gasteiger partial charge in [-0.1, -0.05) is 17.7 Å². The molecule has 2 bridgehead atoms. The maximum Gasteiger partial charge on any atom is 0.338 e. The van der Waals surface area contributed by atoms with Gasteiger partial charge in [-0.2, -0.15) is 0 Å². The lowest BCUT2D eigenvalue weighted by Crippen LogP contribution is -2.37. The number of fused-ring (bicyclic) bond motifs is 5. The molecule has 0 spiro atoms. The molecule has 2 saturated carbocycles. The maximum atomic E-state index is 13.1. The Kier molecular flexibility index (Phi) is 6.28. The molecule has 0 unspecified atom stereocenters. The first-order valence-electron chi connectivity index (χ1n) is 11.2. The van der Waals surface area contributed by atoms with E-state index in [0.29, 0.717) is 28.4 Å². The van der Waals surface area contributed by atoms with Crippen LogP contribution in [0.4, 0.5) is 11.4 Å². The number of alkyl halides is 2. The molecular weight excluding hydrogens is 515 g/mol. The number of nitrogens with one attached hydrogen (secondary N) is 1. The van der Waals surface area contributed by atoms with Crippen molar-refractivity contribution in [3.8, 4) is 0 Å². The molecule has 2 aliphatic carbocycles. The van der Waals surface area contributed by atoms with E-state index < -0.39 is 30.3 Å². The summed E-state index contributed by atoms with van der Waals surface area (Å²) in [6.45, 7) is 1.28. The number of halogens is 3. The van der Waals surface area contributed by atoms with Crippen molar-refractivity contribution in [2.75, 3.05) is 16.8 Å². The van der Waals surface area contributed by atoms with Crippen molar-refractivity contribution in [3.63, 3.8) is 0 Å². The first-order valence-corrected chi connectivity index (χ1v) is 12.4. The van der Waals surface area contributed by atoms with Gasteiger partial charge in [0.25, 0.3) is 5.91 Å². The molecule has 0 radical (unpaired) electrons. The normalized spacial score (nSPS) is 28.9. The Morgan fingerprint density at radius 1 is 1.00 bits per heavy atom. The molecule has 7 nitrogen and oxygen atoms in total. The molecule has 182 valence electrons. The summed E-state index contributed by atoms with van der Waals surface area (Å²) < 4.78 is 5.10. The Morgan fingerprint density at radius 2 is 1.60 bits per heavy atom. The van der Waals surface area contributed by atoms with Crippen LogP contribution in [-0.2, 0) is 19.1 Å². The largest absolute Gasteiger partial charge is 0.452 e. The van der Waals surface area contributed by atoms with Crippen LogP contribution >= 0.6 is 34.8 Å². The summed E-state index contributed by atoms with van der Waals surface area (Å²) in [7, 11) is 0. The van der Waals surface area contributed by atoms with Crippen molar-refractivity contribution in [1.82, 2.24) is 0 Å². The number of anilines is 2. The first-order chi connectivity index (χ1) is 16.7. The fraction of sp³-hybridized carbons (Fsp3) is 0.360. The zero-order chi connectivity index (χ0) is 25.0. The third-order valence-electron chi connectivity index (χ3n) is 7.22. The van der Waals surface area contributed by atoms with E-state index in [9.17, 15) is 19.2 Å². The van der Waals surface area contributed by atoms with Crippen LogP contribution in [0.3, 0.4) is 0 Å². The number of benzene rings is 2. The third-order valence-corrected chi connectivity index (χ3v) is 8.95. The second kappa shape index (κ2) is 9.12. The van der Waals surface area contributed by atoms with E-state index in [1.54, 1.807) is 25.1 Å². The van der Waals surface area contributed by atoms with Gasteiger partial charge >= 0.3 is 5.97 Å². The Labute approximate surface area is 216 Å². The minimum Gasteiger partial charge on any atom is -0.452 e. The zero-order valence-electron chi connectivity index (χ0n) is 18.5. The Hall–Kier alpha value is -2.61. The minimum absolute atomic E-state index is 0.105. The number of rotatable bonds is 5. The van der Waals surface area contributed by atoms with Gasteiger partial charge in [-0.3, -0.25) is 19.3 Å². The third kappa shape index (κ3) is 3.99. The highest BCUT2D eigenvalue weighted by molar-refractivity contribution is 6.32. The summed E-state index contributed by atoms with van der Waals surface area (Å²) in [5.74, 6) is -2.87.